The van der Waals surface area contributed by atoms with Crippen molar-refractivity contribution in [1.29, 1.82) is 5.26 Å². The van der Waals surface area contributed by atoms with Crippen LogP contribution < -0.4 is 0 Å². The van der Waals surface area contributed by atoms with E-state index in [9.17, 15) is 4.79 Å². The predicted octanol–water partition coefficient (Wildman–Crippen LogP) is 0.612. The first kappa shape index (κ1) is 13.3. The first-order valence-electron chi connectivity index (χ1n) is 6.80. The number of nitrogens with zero attached hydrogens (tertiary/aromatic N) is 3. The Hall–Kier alpha value is -1.12. The number of piperazine rings is 1. The molecule has 0 radical (unpaired) electrons. The van der Waals surface area contributed by atoms with E-state index in [1.807, 2.05) is 11.8 Å². The Morgan fingerprint density at radius 2 is 2.17 bits per heavy atom. The molecule has 2 rings (SSSR count). The van der Waals surface area contributed by atoms with Crippen molar-refractivity contribution in [2.75, 3.05) is 32.8 Å². The summed E-state index contributed by atoms with van der Waals surface area (Å²) in [5.41, 5.74) is 0. The Bertz CT molecular complexity index is 326. The predicted molar refractivity (Wildman–Crippen MR) is 66.8 cm³/mol. The van der Waals surface area contributed by atoms with Crippen molar-refractivity contribution in [3.63, 3.8) is 0 Å². The molecular weight excluding hydrogens is 230 g/mol. The van der Waals surface area contributed by atoms with E-state index in [1.54, 1.807) is 0 Å². The van der Waals surface area contributed by atoms with Gasteiger partial charge in [-0.2, -0.15) is 5.26 Å². The van der Waals surface area contributed by atoms with Crippen LogP contribution in [0.4, 0.5) is 0 Å². The van der Waals surface area contributed by atoms with Gasteiger partial charge in [0.15, 0.2) is 0 Å². The molecule has 2 fully saturated rings. The normalized spacial score (nSPS) is 26.9. The molecule has 5 heteroatoms. The molecule has 0 saturated carbocycles. The van der Waals surface area contributed by atoms with Crippen LogP contribution >= 0.6 is 0 Å². The van der Waals surface area contributed by atoms with Crippen molar-refractivity contribution in [3.8, 4) is 6.07 Å². The fraction of sp³-hybridized carbons (Fsp3) is 0.846. The highest BCUT2D eigenvalue weighted by molar-refractivity contribution is 5.81. The van der Waals surface area contributed by atoms with E-state index < -0.39 is 0 Å². The summed E-state index contributed by atoms with van der Waals surface area (Å²) in [4.78, 5) is 16.2. The average Bonchev–Trinajstić information content (AvgIpc) is 2.94. The Balaban J connectivity index is 1.83. The Morgan fingerprint density at radius 1 is 1.44 bits per heavy atom. The number of hydrogen-bond acceptors (Lipinski definition) is 4. The number of ether oxygens (including phenoxy) is 1. The largest absolute Gasteiger partial charge is 0.368 e. The molecule has 100 valence electrons. The summed E-state index contributed by atoms with van der Waals surface area (Å²) in [7, 11) is 0. The second-order valence-electron chi connectivity index (χ2n) is 4.92. The van der Waals surface area contributed by atoms with Crippen molar-refractivity contribution < 1.29 is 9.53 Å². The van der Waals surface area contributed by atoms with Gasteiger partial charge in [-0.15, -0.1) is 0 Å². The molecule has 2 aliphatic heterocycles. The maximum absolute atomic E-state index is 12.1. The van der Waals surface area contributed by atoms with E-state index in [0.717, 1.165) is 45.4 Å². The van der Waals surface area contributed by atoms with Gasteiger partial charge >= 0.3 is 0 Å². The summed E-state index contributed by atoms with van der Waals surface area (Å²) >= 11 is 0. The lowest BCUT2D eigenvalue weighted by atomic mass is 10.1. The third kappa shape index (κ3) is 2.82. The Kier molecular flexibility index (Phi) is 4.56. The van der Waals surface area contributed by atoms with Gasteiger partial charge in [0, 0.05) is 32.8 Å². The summed E-state index contributed by atoms with van der Waals surface area (Å²) in [6.45, 7) is 5.77. The lowest BCUT2D eigenvalue weighted by Gasteiger charge is -2.37. The van der Waals surface area contributed by atoms with Gasteiger partial charge < -0.3 is 9.64 Å². The molecule has 2 atom stereocenters. The van der Waals surface area contributed by atoms with E-state index in [-0.39, 0.29) is 18.1 Å². The van der Waals surface area contributed by atoms with Crippen LogP contribution in [0.1, 0.15) is 26.2 Å². The fourth-order valence-electron chi connectivity index (χ4n) is 2.66. The fourth-order valence-corrected chi connectivity index (χ4v) is 2.66. The van der Waals surface area contributed by atoms with Crippen LogP contribution in [0.2, 0.25) is 0 Å². The van der Waals surface area contributed by atoms with E-state index in [1.165, 1.54) is 0 Å². The quantitative estimate of drug-likeness (QED) is 0.737. The molecule has 0 bridgehead atoms. The van der Waals surface area contributed by atoms with Gasteiger partial charge in [0.05, 0.1) is 12.1 Å². The number of carbonyl (C=O) groups is 1. The maximum atomic E-state index is 12.1. The van der Waals surface area contributed by atoms with Crippen LogP contribution in [-0.2, 0) is 9.53 Å². The zero-order valence-corrected chi connectivity index (χ0v) is 11.0. The minimum absolute atomic E-state index is 0.00928. The Labute approximate surface area is 108 Å². The highest BCUT2D eigenvalue weighted by Gasteiger charge is 2.31. The molecular formula is C13H21N3O2. The van der Waals surface area contributed by atoms with Gasteiger partial charge in [0.25, 0.3) is 5.91 Å². The molecule has 2 saturated heterocycles. The van der Waals surface area contributed by atoms with Gasteiger partial charge in [0.1, 0.15) is 6.10 Å². The number of amides is 1. The van der Waals surface area contributed by atoms with Gasteiger partial charge in [-0.25, -0.2) is 0 Å². The number of rotatable bonds is 3. The molecule has 0 aliphatic carbocycles. The SMILES string of the molecule is CCC(C#N)N1CCN(C(=O)C2CCCO2)CC1. The van der Waals surface area contributed by atoms with Crippen molar-refractivity contribution in [1.82, 2.24) is 9.80 Å². The number of nitriles is 1. The highest BCUT2D eigenvalue weighted by Crippen LogP contribution is 2.16. The zero-order valence-electron chi connectivity index (χ0n) is 11.0. The first-order chi connectivity index (χ1) is 8.76. The zero-order chi connectivity index (χ0) is 13.0. The second kappa shape index (κ2) is 6.17. The lowest BCUT2D eigenvalue weighted by Crippen LogP contribution is -2.53. The van der Waals surface area contributed by atoms with Crippen LogP contribution in [0, 0.1) is 11.3 Å². The second-order valence-corrected chi connectivity index (χ2v) is 4.92. The molecule has 0 aromatic heterocycles. The number of carbonyl (C=O) groups excluding carboxylic acids is 1. The van der Waals surface area contributed by atoms with Gasteiger partial charge in [0.2, 0.25) is 0 Å². The molecule has 0 spiro atoms. The molecule has 5 nitrogen and oxygen atoms in total. The molecule has 2 aliphatic rings. The van der Waals surface area contributed by atoms with E-state index >= 15 is 0 Å². The monoisotopic (exact) mass is 251 g/mol. The molecule has 2 unspecified atom stereocenters. The van der Waals surface area contributed by atoms with E-state index in [4.69, 9.17) is 10.00 Å². The summed E-state index contributed by atoms with van der Waals surface area (Å²) in [5.74, 6) is 0.136. The summed E-state index contributed by atoms with van der Waals surface area (Å²) < 4.78 is 5.43. The summed E-state index contributed by atoms with van der Waals surface area (Å²) in [6.07, 6.45) is 2.47. The molecule has 0 aromatic carbocycles. The van der Waals surface area contributed by atoms with Crippen LogP contribution in [-0.4, -0.2) is 60.6 Å². The number of hydrogen-bond donors (Lipinski definition) is 0. The van der Waals surface area contributed by atoms with Crippen LogP contribution in [0.15, 0.2) is 0 Å². The van der Waals surface area contributed by atoms with Gasteiger partial charge in [-0.3, -0.25) is 9.69 Å². The van der Waals surface area contributed by atoms with Crippen LogP contribution in [0.25, 0.3) is 0 Å². The third-order valence-corrected chi connectivity index (χ3v) is 3.81. The smallest absolute Gasteiger partial charge is 0.251 e. The van der Waals surface area contributed by atoms with Crippen molar-refractivity contribution >= 4 is 5.91 Å². The van der Waals surface area contributed by atoms with Crippen molar-refractivity contribution in [2.45, 2.75) is 38.3 Å². The third-order valence-electron chi connectivity index (χ3n) is 3.81. The summed E-state index contributed by atoms with van der Waals surface area (Å²) in [5, 5.41) is 9.03. The lowest BCUT2D eigenvalue weighted by molar-refractivity contribution is -0.142. The topological polar surface area (TPSA) is 56.6 Å². The van der Waals surface area contributed by atoms with Gasteiger partial charge in [-0.1, -0.05) is 6.92 Å². The van der Waals surface area contributed by atoms with Crippen LogP contribution in [0.3, 0.4) is 0 Å². The first-order valence-corrected chi connectivity index (χ1v) is 6.80. The molecule has 2 heterocycles. The van der Waals surface area contributed by atoms with E-state index in [2.05, 4.69) is 11.0 Å². The van der Waals surface area contributed by atoms with E-state index in [0.29, 0.717) is 6.61 Å². The summed E-state index contributed by atoms with van der Waals surface area (Å²) in [6, 6.07) is 2.31. The molecule has 1 amide bonds. The van der Waals surface area contributed by atoms with Gasteiger partial charge in [-0.05, 0) is 19.3 Å². The van der Waals surface area contributed by atoms with Crippen LogP contribution in [0.5, 0.6) is 0 Å². The minimum Gasteiger partial charge on any atom is -0.368 e. The molecule has 0 N–H and O–H groups in total. The Morgan fingerprint density at radius 3 is 2.67 bits per heavy atom. The highest BCUT2D eigenvalue weighted by atomic mass is 16.5. The standard InChI is InChI=1S/C13H21N3O2/c1-2-11(10-14)15-5-7-16(8-6-15)13(17)12-4-3-9-18-12/h11-12H,2-9H2,1H3. The minimum atomic E-state index is -0.213. The maximum Gasteiger partial charge on any atom is 0.251 e. The van der Waals surface area contributed by atoms with Crippen molar-refractivity contribution in [2.24, 2.45) is 0 Å². The molecule has 18 heavy (non-hydrogen) atoms. The molecule has 0 aromatic rings. The van der Waals surface area contributed by atoms with Crippen molar-refractivity contribution in [3.05, 3.63) is 0 Å². The average molecular weight is 251 g/mol.